The fourth-order valence-electron chi connectivity index (χ4n) is 3.55. The average Bonchev–Trinajstić information content (AvgIpc) is 3.46. The predicted octanol–water partition coefficient (Wildman–Crippen LogP) is 1.30. The van der Waals surface area contributed by atoms with E-state index < -0.39 is 10.0 Å². The summed E-state index contributed by atoms with van der Waals surface area (Å²) in [5, 5.41) is 9.23. The Hall–Kier alpha value is -3.38. The fourth-order valence-corrected chi connectivity index (χ4v) is 4.55. The molecule has 0 bridgehead atoms. The zero-order valence-corrected chi connectivity index (χ0v) is 17.1. The number of sulfonamides is 1. The first kappa shape index (κ1) is 18.6. The van der Waals surface area contributed by atoms with E-state index >= 15 is 0 Å². The van der Waals surface area contributed by atoms with Crippen LogP contribution in [0.2, 0.25) is 0 Å². The van der Waals surface area contributed by atoms with E-state index in [0.717, 1.165) is 11.2 Å². The number of fused-ring (bicyclic) bond motifs is 2. The Labute approximate surface area is 171 Å². The average molecular weight is 429 g/mol. The minimum atomic E-state index is -3.93. The standard InChI is InChI=1S/C18H19N7O4S/c1-23-18-12(7-20-23)3-4-14(28-2)17(18)22-30(26,27)13-8-21-25(10-13)16-9-19-15-11-29-6-5-24(15)16/h3-4,7-10,22H,5-6,11H2,1-2H3. The molecule has 30 heavy (non-hydrogen) atoms. The van der Waals surface area contributed by atoms with Crippen molar-refractivity contribution in [3.63, 3.8) is 0 Å². The van der Waals surface area contributed by atoms with Gasteiger partial charge in [-0.15, -0.1) is 0 Å². The molecule has 0 fully saturated rings. The van der Waals surface area contributed by atoms with Crippen molar-refractivity contribution in [2.75, 3.05) is 18.4 Å². The third kappa shape index (κ3) is 2.92. The lowest BCUT2D eigenvalue weighted by atomic mass is 10.2. The lowest BCUT2D eigenvalue weighted by molar-refractivity contribution is 0.0814. The smallest absolute Gasteiger partial charge is 0.265 e. The van der Waals surface area contributed by atoms with Crippen LogP contribution in [-0.2, 0) is 35.0 Å². The molecule has 1 N–H and O–H groups in total. The zero-order valence-electron chi connectivity index (χ0n) is 16.3. The molecule has 0 amide bonds. The molecule has 11 nitrogen and oxygen atoms in total. The van der Waals surface area contributed by atoms with Crippen molar-refractivity contribution in [1.29, 1.82) is 0 Å². The van der Waals surface area contributed by atoms with Crippen LogP contribution in [0.1, 0.15) is 5.82 Å². The number of ether oxygens (including phenoxy) is 2. The van der Waals surface area contributed by atoms with Crippen LogP contribution in [0.5, 0.6) is 5.75 Å². The van der Waals surface area contributed by atoms with Gasteiger partial charge in [-0.1, -0.05) is 0 Å². The molecule has 0 spiro atoms. The van der Waals surface area contributed by atoms with Crippen molar-refractivity contribution in [2.45, 2.75) is 18.0 Å². The maximum absolute atomic E-state index is 13.1. The maximum atomic E-state index is 13.1. The summed E-state index contributed by atoms with van der Waals surface area (Å²) in [6.07, 6.45) is 6.08. The van der Waals surface area contributed by atoms with E-state index in [1.165, 1.54) is 24.2 Å². The second-order valence-corrected chi connectivity index (χ2v) is 8.49. The quantitative estimate of drug-likeness (QED) is 0.508. The topological polar surface area (TPSA) is 118 Å². The summed E-state index contributed by atoms with van der Waals surface area (Å²) >= 11 is 0. The van der Waals surface area contributed by atoms with Gasteiger partial charge in [0.05, 0.1) is 44.0 Å². The second-order valence-electron chi connectivity index (χ2n) is 6.81. The van der Waals surface area contributed by atoms with E-state index in [1.807, 2.05) is 10.6 Å². The lowest BCUT2D eigenvalue weighted by Crippen LogP contribution is -2.19. The molecule has 0 atom stereocenters. The summed E-state index contributed by atoms with van der Waals surface area (Å²) in [5.41, 5.74) is 0.941. The highest BCUT2D eigenvalue weighted by atomic mass is 32.2. The van der Waals surface area contributed by atoms with Crippen molar-refractivity contribution in [3.8, 4) is 11.6 Å². The van der Waals surface area contributed by atoms with E-state index in [4.69, 9.17) is 9.47 Å². The number of benzene rings is 1. The molecular formula is C18H19N7O4S. The van der Waals surface area contributed by atoms with Crippen molar-refractivity contribution in [1.82, 2.24) is 29.1 Å². The first-order valence-corrected chi connectivity index (χ1v) is 10.6. The molecule has 0 unspecified atom stereocenters. The summed E-state index contributed by atoms with van der Waals surface area (Å²) in [6.45, 7) is 1.62. The number of anilines is 1. The summed E-state index contributed by atoms with van der Waals surface area (Å²) < 4.78 is 44.7. The third-order valence-electron chi connectivity index (χ3n) is 5.03. The summed E-state index contributed by atoms with van der Waals surface area (Å²) in [4.78, 5) is 4.34. The van der Waals surface area contributed by atoms with Gasteiger partial charge in [-0.2, -0.15) is 10.2 Å². The largest absolute Gasteiger partial charge is 0.494 e. The van der Waals surface area contributed by atoms with E-state index in [9.17, 15) is 8.42 Å². The second kappa shape index (κ2) is 6.85. The predicted molar refractivity (Wildman–Crippen MR) is 107 cm³/mol. The van der Waals surface area contributed by atoms with E-state index in [-0.39, 0.29) is 4.90 Å². The Morgan fingerprint density at radius 1 is 1.20 bits per heavy atom. The highest BCUT2D eigenvalue weighted by Gasteiger charge is 2.23. The minimum Gasteiger partial charge on any atom is -0.494 e. The number of methoxy groups -OCH3 is 1. The number of rotatable bonds is 5. The van der Waals surface area contributed by atoms with Crippen LogP contribution in [0, 0.1) is 0 Å². The van der Waals surface area contributed by atoms with E-state index in [2.05, 4.69) is 19.9 Å². The molecule has 3 aromatic heterocycles. The van der Waals surface area contributed by atoms with Gasteiger partial charge in [0.15, 0.2) is 5.82 Å². The Morgan fingerprint density at radius 3 is 2.90 bits per heavy atom. The monoisotopic (exact) mass is 429 g/mol. The highest BCUT2D eigenvalue weighted by Crippen LogP contribution is 2.34. The summed E-state index contributed by atoms with van der Waals surface area (Å²) in [5.74, 6) is 1.86. The van der Waals surface area contributed by atoms with Crippen LogP contribution in [0.25, 0.3) is 16.7 Å². The fraction of sp³-hybridized carbons (Fsp3) is 0.278. The van der Waals surface area contributed by atoms with Gasteiger partial charge in [0.2, 0.25) is 0 Å². The Kier molecular flexibility index (Phi) is 4.25. The normalized spacial score (nSPS) is 14.1. The molecule has 0 radical (unpaired) electrons. The summed E-state index contributed by atoms with van der Waals surface area (Å²) in [6, 6.07) is 3.52. The molecule has 4 heterocycles. The number of nitrogens with zero attached hydrogens (tertiary/aromatic N) is 6. The number of hydrogen-bond acceptors (Lipinski definition) is 7. The molecule has 0 aliphatic carbocycles. The van der Waals surface area contributed by atoms with Gasteiger partial charge in [0, 0.05) is 19.0 Å². The maximum Gasteiger partial charge on any atom is 0.265 e. The lowest BCUT2D eigenvalue weighted by Gasteiger charge is -2.16. The van der Waals surface area contributed by atoms with Gasteiger partial charge in [0.1, 0.15) is 28.8 Å². The summed E-state index contributed by atoms with van der Waals surface area (Å²) in [7, 11) is -0.706. The van der Waals surface area contributed by atoms with Crippen molar-refractivity contribution < 1.29 is 17.9 Å². The zero-order chi connectivity index (χ0) is 20.9. The van der Waals surface area contributed by atoms with Gasteiger partial charge < -0.3 is 14.0 Å². The number of aryl methyl sites for hydroxylation is 1. The molecule has 12 heteroatoms. The Bertz CT molecular complexity index is 1350. The first-order valence-electron chi connectivity index (χ1n) is 9.16. The SMILES string of the molecule is COc1ccc2cnn(C)c2c1NS(=O)(=O)c1cnn(-c2cnc3n2CCOC3)c1. The van der Waals surface area contributed by atoms with Crippen LogP contribution in [0.3, 0.4) is 0 Å². The molecule has 1 aliphatic rings. The minimum absolute atomic E-state index is 0.0198. The molecule has 1 aliphatic heterocycles. The van der Waals surface area contributed by atoms with Gasteiger partial charge in [-0.05, 0) is 12.1 Å². The number of imidazole rings is 1. The van der Waals surface area contributed by atoms with Gasteiger partial charge in [-0.25, -0.2) is 18.1 Å². The van der Waals surface area contributed by atoms with Crippen LogP contribution < -0.4 is 9.46 Å². The van der Waals surface area contributed by atoms with Crippen molar-refractivity contribution in [3.05, 3.63) is 42.7 Å². The highest BCUT2D eigenvalue weighted by molar-refractivity contribution is 7.92. The molecule has 4 aromatic rings. The van der Waals surface area contributed by atoms with E-state index in [0.29, 0.717) is 42.5 Å². The molecule has 156 valence electrons. The number of hydrogen-bond donors (Lipinski definition) is 1. The number of nitrogens with one attached hydrogen (secondary N) is 1. The van der Waals surface area contributed by atoms with Crippen LogP contribution in [-0.4, -0.2) is 51.2 Å². The first-order chi connectivity index (χ1) is 14.5. The molecular weight excluding hydrogens is 410 g/mol. The van der Waals surface area contributed by atoms with Gasteiger partial charge >= 0.3 is 0 Å². The molecule has 0 saturated heterocycles. The van der Waals surface area contributed by atoms with Crippen molar-refractivity contribution >= 4 is 26.6 Å². The Morgan fingerprint density at radius 2 is 2.07 bits per heavy atom. The van der Waals surface area contributed by atoms with Gasteiger partial charge in [0.25, 0.3) is 10.0 Å². The van der Waals surface area contributed by atoms with E-state index in [1.54, 1.807) is 30.2 Å². The van der Waals surface area contributed by atoms with Crippen LogP contribution in [0.4, 0.5) is 5.69 Å². The molecule has 1 aromatic carbocycles. The molecule has 0 saturated carbocycles. The Balaban J connectivity index is 1.53. The third-order valence-corrected chi connectivity index (χ3v) is 6.34. The van der Waals surface area contributed by atoms with Crippen LogP contribution in [0.15, 0.2) is 41.8 Å². The molecule has 5 rings (SSSR count). The van der Waals surface area contributed by atoms with Gasteiger partial charge in [-0.3, -0.25) is 9.40 Å². The van der Waals surface area contributed by atoms with Crippen LogP contribution >= 0.6 is 0 Å². The number of aromatic nitrogens is 6. The van der Waals surface area contributed by atoms with Crippen molar-refractivity contribution in [2.24, 2.45) is 7.05 Å².